The van der Waals surface area contributed by atoms with Crippen molar-refractivity contribution in [2.24, 2.45) is 56.7 Å². The summed E-state index contributed by atoms with van der Waals surface area (Å²) in [5.41, 5.74) is 2.05. The second-order valence-corrected chi connectivity index (χ2v) is 15.0. The number of allylic oxidation sites excluding steroid dienone is 1. The molecule has 5 aliphatic rings. The highest BCUT2D eigenvalue weighted by Crippen LogP contribution is 2.77. The minimum atomic E-state index is -0.134. The maximum Gasteiger partial charge on any atom is 0.302 e. The minimum absolute atomic E-state index is 0.00743. The van der Waals surface area contributed by atoms with E-state index in [2.05, 4.69) is 48.1 Å². The lowest BCUT2D eigenvalue weighted by atomic mass is 9.32. The van der Waals surface area contributed by atoms with Gasteiger partial charge in [-0.05, 0) is 117 Å². The zero-order valence-electron chi connectivity index (χ0n) is 23.5. The lowest BCUT2D eigenvalue weighted by Gasteiger charge is -2.72. The fourth-order valence-electron chi connectivity index (χ4n) is 11.8. The molecule has 3 heteroatoms. The van der Waals surface area contributed by atoms with Crippen LogP contribution in [0.15, 0.2) is 12.2 Å². The van der Waals surface area contributed by atoms with E-state index in [1.54, 1.807) is 6.92 Å². The zero-order valence-corrected chi connectivity index (χ0v) is 23.5. The van der Waals surface area contributed by atoms with E-state index in [9.17, 15) is 9.59 Å². The van der Waals surface area contributed by atoms with E-state index in [1.807, 2.05) is 0 Å². The number of fused-ring (bicyclic) bond motifs is 7. The van der Waals surface area contributed by atoms with Gasteiger partial charge in [0.25, 0.3) is 0 Å². The molecule has 0 N–H and O–H groups in total. The molecule has 0 bridgehead atoms. The maximum absolute atomic E-state index is 12.6. The Balaban J connectivity index is 1.51. The monoisotopic (exact) mass is 482 g/mol. The average molecular weight is 483 g/mol. The topological polar surface area (TPSA) is 43.4 Å². The Morgan fingerprint density at radius 1 is 0.829 bits per heavy atom. The molecule has 3 nitrogen and oxygen atoms in total. The first-order chi connectivity index (χ1) is 16.3. The molecule has 0 aromatic heterocycles. The van der Waals surface area contributed by atoms with E-state index in [4.69, 9.17) is 4.74 Å². The second-order valence-electron chi connectivity index (χ2n) is 15.0. The van der Waals surface area contributed by atoms with Gasteiger partial charge in [0.05, 0.1) is 0 Å². The number of esters is 1. The van der Waals surface area contributed by atoms with Crippen molar-refractivity contribution >= 4 is 12.3 Å². The van der Waals surface area contributed by atoms with Crippen molar-refractivity contribution in [2.75, 3.05) is 0 Å². The number of carbonyl (C=O) groups is 2. The molecule has 5 aliphatic carbocycles. The SMILES string of the molecule is C=C(C)[C@@H]1CC[C@]2(C=O)CC[C@@]3(C)C(CCC4[C@@]5(C)CC[C@H](OC(C)=O)C(C)(C)C5CC[C@]43C)C12. The lowest BCUT2D eigenvalue weighted by molar-refractivity contribution is -0.247. The molecule has 5 fully saturated rings. The van der Waals surface area contributed by atoms with Crippen LogP contribution in [-0.2, 0) is 14.3 Å². The largest absolute Gasteiger partial charge is 0.462 e. The van der Waals surface area contributed by atoms with Crippen molar-refractivity contribution in [1.82, 2.24) is 0 Å². The fraction of sp³-hybridized carbons (Fsp3) is 0.875. The maximum atomic E-state index is 12.6. The van der Waals surface area contributed by atoms with Crippen LogP contribution in [0.2, 0.25) is 0 Å². The van der Waals surface area contributed by atoms with E-state index >= 15 is 0 Å². The number of hydrogen-bond acceptors (Lipinski definition) is 3. The highest BCUT2D eigenvalue weighted by Gasteiger charge is 2.71. The molecule has 0 heterocycles. The number of carbonyl (C=O) groups excluding carboxylic acids is 2. The molecule has 0 spiro atoms. The van der Waals surface area contributed by atoms with Crippen LogP contribution in [-0.4, -0.2) is 18.4 Å². The predicted octanol–water partition coefficient (Wildman–Crippen LogP) is 7.77. The van der Waals surface area contributed by atoms with Gasteiger partial charge in [-0.1, -0.05) is 46.8 Å². The van der Waals surface area contributed by atoms with Crippen LogP contribution in [0.1, 0.15) is 113 Å². The molecule has 196 valence electrons. The van der Waals surface area contributed by atoms with Gasteiger partial charge in [-0.25, -0.2) is 0 Å². The molecule has 10 atom stereocenters. The van der Waals surface area contributed by atoms with Gasteiger partial charge < -0.3 is 9.53 Å². The molecule has 0 amide bonds. The summed E-state index contributed by atoms with van der Waals surface area (Å²) >= 11 is 0. The van der Waals surface area contributed by atoms with Gasteiger partial charge in [0.2, 0.25) is 0 Å². The third kappa shape index (κ3) is 3.21. The van der Waals surface area contributed by atoms with Crippen molar-refractivity contribution in [2.45, 2.75) is 119 Å². The van der Waals surface area contributed by atoms with Crippen molar-refractivity contribution in [3.63, 3.8) is 0 Å². The molecule has 0 aromatic carbocycles. The van der Waals surface area contributed by atoms with E-state index < -0.39 is 0 Å². The van der Waals surface area contributed by atoms with Gasteiger partial charge in [-0.15, -0.1) is 0 Å². The molecule has 0 saturated heterocycles. The Morgan fingerprint density at radius 3 is 2.17 bits per heavy atom. The minimum Gasteiger partial charge on any atom is -0.462 e. The van der Waals surface area contributed by atoms with Crippen LogP contribution >= 0.6 is 0 Å². The van der Waals surface area contributed by atoms with E-state index in [0.717, 1.165) is 32.1 Å². The number of ether oxygens (including phenoxy) is 1. The van der Waals surface area contributed by atoms with Crippen LogP contribution in [0.3, 0.4) is 0 Å². The number of rotatable bonds is 3. The molecule has 4 unspecified atom stereocenters. The molecule has 5 rings (SSSR count). The lowest BCUT2D eigenvalue weighted by Crippen LogP contribution is -2.66. The van der Waals surface area contributed by atoms with Gasteiger partial charge in [-0.3, -0.25) is 4.79 Å². The predicted molar refractivity (Wildman–Crippen MR) is 141 cm³/mol. The number of aldehydes is 1. The van der Waals surface area contributed by atoms with Crippen LogP contribution < -0.4 is 0 Å². The third-order valence-electron chi connectivity index (χ3n) is 13.6. The van der Waals surface area contributed by atoms with Crippen molar-refractivity contribution in [3.8, 4) is 0 Å². The molecular formula is C32H50O3. The third-order valence-corrected chi connectivity index (χ3v) is 13.6. The first-order valence-electron chi connectivity index (χ1n) is 14.6. The summed E-state index contributed by atoms with van der Waals surface area (Å²) in [6.07, 6.45) is 13.1. The van der Waals surface area contributed by atoms with E-state index in [-0.39, 0.29) is 33.7 Å². The van der Waals surface area contributed by atoms with Gasteiger partial charge >= 0.3 is 5.97 Å². The highest BCUT2D eigenvalue weighted by molar-refractivity contribution is 5.66. The molecule has 5 saturated carbocycles. The average Bonchev–Trinajstić information content (AvgIpc) is 3.16. The second kappa shape index (κ2) is 7.94. The van der Waals surface area contributed by atoms with E-state index in [1.165, 1.54) is 44.0 Å². The first kappa shape index (κ1) is 25.5. The normalized spacial score (nSPS) is 52.3. The van der Waals surface area contributed by atoms with Crippen molar-refractivity contribution < 1.29 is 14.3 Å². The van der Waals surface area contributed by atoms with Crippen LogP contribution in [0.25, 0.3) is 0 Å². The van der Waals surface area contributed by atoms with Crippen molar-refractivity contribution in [3.05, 3.63) is 12.2 Å². The first-order valence-corrected chi connectivity index (χ1v) is 14.6. The summed E-state index contributed by atoms with van der Waals surface area (Å²) < 4.78 is 5.89. The summed E-state index contributed by atoms with van der Waals surface area (Å²) in [4.78, 5) is 24.5. The van der Waals surface area contributed by atoms with Gasteiger partial charge in [0, 0.05) is 17.8 Å². The molecular weight excluding hydrogens is 432 g/mol. The molecule has 0 radical (unpaired) electrons. The van der Waals surface area contributed by atoms with Gasteiger partial charge in [0.15, 0.2) is 0 Å². The Hall–Kier alpha value is -1.12. The molecule has 0 aliphatic heterocycles. The van der Waals surface area contributed by atoms with E-state index in [0.29, 0.717) is 35.0 Å². The number of hydrogen-bond donors (Lipinski definition) is 0. The summed E-state index contributed by atoms with van der Waals surface area (Å²) in [5, 5.41) is 0. The smallest absolute Gasteiger partial charge is 0.302 e. The van der Waals surface area contributed by atoms with Gasteiger partial charge in [-0.2, -0.15) is 0 Å². The van der Waals surface area contributed by atoms with Crippen LogP contribution in [0, 0.1) is 56.7 Å². The Morgan fingerprint density at radius 2 is 1.54 bits per heavy atom. The summed E-state index contributed by atoms with van der Waals surface area (Å²) in [6.45, 7) is 20.8. The Labute approximate surface area is 214 Å². The highest BCUT2D eigenvalue weighted by atomic mass is 16.5. The molecule has 0 aromatic rings. The van der Waals surface area contributed by atoms with Gasteiger partial charge in [0.1, 0.15) is 12.4 Å². The van der Waals surface area contributed by atoms with Crippen molar-refractivity contribution in [1.29, 1.82) is 0 Å². The van der Waals surface area contributed by atoms with Crippen LogP contribution in [0.4, 0.5) is 0 Å². The summed E-state index contributed by atoms with van der Waals surface area (Å²) in [7, 11) is 0. The van der Waals surface area contributed by atoms with Crippen LogP contribution in [0.5, 0.6) is 0 Å². The fourth-order valence-corrected chi connectivity index (χ4v) is 11.8. The molecule has 35 heavy (non-hydrogen) atoms. The Bertz CT molecular complexity index is 920. The summed E-state index contributed by atoms with van der Waals surface area (Å²) in [5.74, 6) is 2.76. The zero-order chi connectivity index (χ0) is 25.6. The Kier molecular flexibility index (Phi) is 5.79. The quantitative estimate of drug-likeness (QED) is 0.234. The summed E-state index contributed by atoms with van der Waals surface area (Å²) in [6, 6.07) is 0. The standard InChI is InChI=1S/C32H50O3/c1-20(2)22-11-16-32(19-33)18-17-30(7)23(27(22)32)9-10-25-29(6)14-13-26(35-21(3)34)28(4,5)24(29)12-15-31(25,30)8/h19,22-27H,1,9-18H2,2-8H3/t22-,23?,24?,25?,26-,27?,29-,30-,31+,32+/m0/s1.